The van der Waals surface area contributed by atoms with Gasteiger partial charge in [-0.1, -0.05) is 30.3 Å². The van der Waals surface area contributed by atoms with Crippen LogP contribution in [-0.4, -0.2) is 15.5 Å². The lowest BCUT2D eigenvalue weighted by Gasteiger charge is -2.27. The normalized spacial score (nSPS) is 11.3. The summed E-state index contributed by atoms with van der Waals surface area (Å²) in [6, 6.07) is 11.6. The van der Waals surface area contributed by atoms with Crippen molar-refractivity contribution in [1.82, 2.24) is 9.97 Å². The number of rotatable bonds is 5. The van der Waals surface area contributed by atoms with E-state index in [9.17, 15) is 4.39 Å². The van der Waals surface area contributed by atoms with E-state index in [1.807, 2.05) is 18.2 Å². The molecule has 0 amide bonds. The van der Waals surface area contributed by atoms with Crippen LogP contribution in [-0.2, 0) is 6.42 Å². The maximum atomic E-state index is 13.0. The number of halogens is 1. The molecule has 2 aromatic rings. The lowest BCUT2D eigenvalue weighted by atomic mass is 9.95. The summed E-state index contributed by atoms with van der Waals surface area (Å²) in [5.41, 5.74) is 1.14. The van der Waals surface area contributed by atoms with Crippen LogP contribution >= 0.6 is 0 Å². The van der Waals surface area contributed by atoms with Gasteiger partial charge in [-0.2, -0.15) is 4.39 Å². The summed E-state index contributed by atoms with van der Waals surface area (Å²) in [5.74, 6) is 0.00178. The largest absolute Gasteiger partial charge is 0.365 e. The molecule has 0 atom stereocenters. The molecular weight excluding hydrogens is 241 g/mol. The molecule has 4 heteroatoms. The van der Waals surface area contributed by atoms with Crippen LogP contribution in [0.3, 0.4) is 0 Å². The molecule has 0 aliphatic carbocycles. The number of nitrogens with zero attached hydrogens (tertiary/aromatic N) is 2. The first-order chi connectivity index (χ1) is 9.05. The molecule has 3 nitrogen and oxygen atoms in total. The van der Waals surface area contributed by atoms with Gasteiger partial charge in [0.25, 0.3) is 0 Å². The molecule has 0 unspecified atom stereocenters. The predicted octanol–water partition coefficient (Wildman–Crippen LogP) is 3.44. The zero-order chi connectivity index (χ0) is 13.7. The molecule has 0 spiro atoms. The number of nitrogens with one attached hydrogen (secondary N) is 1. The standard InChI is InChI=1S/C15H18FN3/c1-15(2,9-8-12-6-4-3-5-7-12)19-14-10-13(16)17-11-18-14/h3-7,10-11H,8-9H2,1-2H3,(H,17,18,19). The monoisotopic (exact) mass is 259 g/mol. The average molecular weight is 259 g/mol. The first kappa shape index (κ1) is 13.5. The van der Waals surface area contributed by atoms with Crippen LogP contribution in [0.4, 0.5) is 10.2 Å². The van der Waals surface area contributed by atoms with Crippen molar-refractivity contribution in [3.63, 3.8) is 0 Å². The van der Waals surface area contributed by atoms with Crippen molar-refractivity contribution < 1.29 is 4.39 Å². The Morgan fingerprint density at radius 3 is 2.58 bits per heavy atom. The van der Waals surface area contributed by atoms with Crippen molar-refractivity contribution in [3.8, 4) is 0 Å². The highest BCUT2D eigenvalue weighted by Gasteiger charge is 2.18. The van der Waals surface area contributed by atoms with E-state index < -0.39 is 5.95 Å². The maximum Gasteiger partial charge on any atom is 0.217 e. The van der Waals surface area contributed by atoms with Crippen LogP contribution in [0.25, 0.3) is 0 Å². The second-order valence-corrected chi connectivity index (χ2v) is 5.22. The zero-order valence-corrected chi connectivity index (χ0v) is 11.2. The summed E-state index contributed by atoms with van der Waals surface area (Å²) in [7, 11) is 0. The van der Waals surface area contributed by atoms with Gasteiger partial charge >= 0.3 is 0 Å². The van der Waals surface area contributed by atoms with Crippen LogP contribution in [0.5, 0.6) is 0 Å². The molecule has 2 rings (SSSR count). The lowest BCUT2D eigenvalue weighted by molar-refractivity contribution is 0.514. The topological polar surface area (TPSA) is 37.8 Å². The predicted molar refractivity (Wildman–Crippen MR) is 74.5 cm³/mol. The minimum atomic E-state index is -0.517. The molecule has 0 saturated heterocycles. The second-order valence-electron chi connectivity index (χ2n) is 5.22. The smallest absolute Gasteiger partial charge is 0.217 e. The number of hydrogen-bond acceptors (Lipinski definition) is 3. The Bertz CT molecular complexity index is 526. The highest BCUT2D eigenvalue weighted by Crippen LogP contribution is 2.18. The Labute approximate surface area is 112 Å². The fourth-order valence-electron chi connectivity index (χ4n) is 1.91. The molecule has 0 aliphatic rings. The van der Waals surface area contributed by atoms with Crippen LogP contribution in [0.1, 0.15) is 25.8 Å². The summed E-state index contributed by atoms with van der Waals surface area (Å²) in [6.07, 6.45) is 3.13. The molecule has 0 radical (unpaired) electrons. The Morgan fingerprint density at radius 2 is 1.89 bits per heavy atom. The Kier molecular flexibility index (Phi) is 4.10. The van der Waals surface area contributed by atoms with E-state index in [4.69, 9.17) is 0 Å². The van der Waals surface area contributed by atoms with Gasteiger partial charge in [0.1, 0.15) is 12.1 Å². The molecule has 0 aliphatic heterocycles. The summed E-state index contributed by atoms with van der Waals surface area (Å²) < 4.78 is 13.0. The number of hydrogen-bond donors (Lipinski definition) is 1. The van der Waals surface area contributed by atoms with Crippen LogP contribution < -0.4 is 5.32 Å². The van der Waals surface area contributed by atoms with E-state index in [2.05, 4.69) is 41.3 Å². The Hall–Kier alpha value is -1.97. The van der Waals surface area contributed by atoms with E-state index in [1.165, 1.54) is 18.0 Å². The third-order valence-corrected chi connectivity index (χ3v) is 2.98. The zero-order valence-electron chi connectivity index (χ0n) is 11.2. The van der Waals surface area contributed by atoms with E-state index >= 15 is 0 Å². The quantitative estimate of drug-likeness (QED) is 0.836. The van der Waals surface area contributed by atoms with Crippen molar-refractivity contribution in [2.75, 3.05) is 5.32 Å². The highest BCUT2D eigenvalue weighted by atomic mass is 19.1. The van der Waals surface area contributed by atoms with Gasteiger partial charge < -0.3 is 5.32 Å². The maximum absolute atomic E-state index is 13.0. The van der Waals surface area contributed by atoms with Crippen LogP contribution in [0.15, 0.2) is 42.7 Å². The van der Waals surface area contributed by atoms with E-state index in [1.54, 1.807) is 0 Å². The fourth-order valence-corrected chi connectivity index (χ4v) is 1.91. The van der Waals surface area contributed by atoms with Gasteiger partial charge in [0.2, 0.25) is 5.95 Å². The van der Waals surface area contributed by atoms with E-state index in [0.717, 1.165) is 12.8 Å². The van der Waals surface area contributed by atoms with Gasteiger partial charge in [-0.25, -0.2) is 9.97 Å². The van der Waals surface area contributed by atoms with Gasteiger partial charge in [-0.15, -0.1) is 0 Å². The molecule has 0 saturated carbocycles. The third-order valence-electron chi connectivity index (χ3n) is 2.98. The Morgan fingerprint density at radius 1 is 1.16 bits per heavy atom. The SMILES string of the molecule is CC(C)(CCc1ccccc1)Nc1cc(F)ncn1. The molecule has 19 heavy (non-hydrogen) atoms. The van der Waals surface area contributed by atoms with Gasteiger partial charge in [0.05, 0.1) is 0 Å². The Balaban J connectivity index is 1.95. The molecule has 100 valence electrons. The van der Waals surface area contributed by atoms with Crippen LogP contribution in [0.2, 0.25) is 0 Å². The van der Waals surface area contributed by atoms with Gasteiger partial charge in [-0.05, 0) is 32.3 Å². The molecular formula is C15H18FN3. The highest BCUT2D eigenvalue weighted by molar-refractivity contribution is 5.35. The van der Waals surface area contributed by atoms with Gasteiger partial charge in [0.15, 0.2) is 0 Å². The molecule has 1 N–H and O–H groups in total. The first-order valence-electron chi connectivity index (χ1n) is 6.35. The summed E-state index contributed by atoms with van der Waals surface area (Å²) in [6.45, 7) is 4.16. The molecule has 1 aromatic carbocycles. The third kappa shape index (κ3) is 4.32. The average Bonchev–Trinajstić information content (AvgIpc) is 2.37. The summed E-state index contributed by atoms with van der Waals surface area (Å²) in [4.78, 5) is 7.46. The number of aromatic nitrogens is 2. The second kappa shape index (κ2) is 5.78. The van der Waals surface area contributed by atoms with E-state index in [0.29, 0.717) is 5.82 Å². The minimum absolute atomic E-state index is 0.156. The molecule has 0 fully saturated rings. The van der Waals surface area contributed by atoms with E-state index in [-0.39, 0.29) is 5.54 Å². The molecule has 1 aromatic heterocycles. The first-order valence-corrected chi connectivity index (χ1v) is 6.35. The van der Waals surface area contributed by atoms with Gasteiger partial charge in [0, 0.05) is 11.6 Å². The number of anilines is 1. The molecule has 0 bridgehead atoms. The van der Waals surface area contributed by atoms with Crippen LogP contribution in [0, 0.1) is 5.95 Å². The number of aryl methyl sites for hydroxylation is 1. The summed E-state index contributed by atoms with van der Waals surface area (Å²) >= 11 is 0. The fraction of sp³-hybridized carbons (Fsp3) is 0.333. The van der Waals surface area contributed by atoms with Crippen molar-refractivity contribution in [1.29, 1.82) is 0 Å². The van der Waals surface area contributed by atoms with Crippen molar-refractivity contribution in [2.45, 2.75) is 32.2 Å². The lowest BCUT2D eigenvalue weighted by Crippen LogP contribution is -2.32. The van der Waals surface area contributed by atoms with Crippen molar-refractivity contribution in [3.05, 3.63) is 54.2 Å². The summed E-state index contributed by atoms with van der Waals surface area (Å²) in [5, 5.41) is 3.24. The molecule has 1 heterocycles. The van der Waals surface area contributed by atoms with Crippen molar-refractivity contribution in [2.24, 2.45) is 0 Å². The van der Waals surface area contributed by atoms with Crippen molar-refractivity contribution >= 4 is 5.82 Å². The van der Waals surface area contributed by atoms with Gasteiger partial charge in [-0.3, -0.25) is 0 Å². The number of benzene rings is 1. The minimum Gasteiger partial charge on any atom is -0.365 e.